The second-order valence-corrected chi connectivity index (χ2v) is 11.9. The second kappa shape index (κ2) is 19.7. The molecule has 0 unspecified atom stereocenters. The van der Waals surface area contributed by atoms with Gasteiger partial charge in [-0.05, 0) is 30.8 Å². The first-order chi connectivity index (χ1) is 17.7. The van der Waals surface area contributed by atoms with Gasteiger partial charge in [0.15, 0.2) is 5.11 Å². The lowest BCUT2D eigenvalue weighted by Gasteiger charge is -2.28. The highest BCUT2D eigenvalue weighted by Crippen LogP contribution is 2.29. The number of rotatable bonds is 18. The number of hydrogen-bond donors (Lipinski definition) is 3. The highest BCUT2D eigenvalue weighted by atomic mass is 35.6. The molecule has 0 aromatic heterocycles. The van der Waals surface area contributed by atoms with Gasteiger partial charge in [0, 0.05) is 6.42 Å². The molecular weight excluding hydrogens is 553 g/mol. The van der Waals surface area contributed by atoms with E-state index in [1.807, 2.05) is 0 Å². The summed E-state index contributed by atoms with van der Waals surface area (Å²) < 4.78 is 2.93. The molecule has 1 aromatic carbocycles. The van der Waals surface area contributed by atoms with Gasteiger partial charge in [0.1, 0.15) is 6.17 Å². The van der Waals surface area contributed by atoms with E-state index in [4.69, 9.17) is 51.8 Å². The largest absolute Gasteiger partial charge is 0.465 e. The third-order valence-electron chi connectivity index (χ3n) is 6.00. The maximum atomic E-state index is 12.5. The molecule has 0 fully saturated rings. The van der Waals surface area contributed by atoms with Crippen molar-refractivity contribution in [1.82, 2.24) is 10.6 Å². The molecule has 210 valence electrons. The summed E-state index contributed by atoms with van der Waals surface area (Å²) in [4.78, 5) is 24.4. The minimum Gasteiger partial charge on any atom is -0.465 e. The number of esters is 1. The number of thiocarbonyl (C=S) groups is 1. The summed E-state index contributed by atoms with van der Waals surface area (Å²) in [6.45, 7) is 2.25. The summed E-state index contributed by atoms with van der Waals surface area (Å²) in [5.41, 5.74) is 0.722. The Morgan fingerprint density at radius 3 is 1.89 bits per heavy atom. The number of halogens is 3. The Morgan fingerprint density at radius 1 is 0.865 bits per heavy atom. The Morgan fingerprint density at radius 2 is 1.38 bits per heavy atom. The standard InChI is InChI=1S/C27H42Cl3N3O3S/c1-3-4-5-6-7-8-9-10-11-12-13-14-15-20-23(34)32-25(27(28,29)30)33-26(37)31-22-19-17-16-18-21(22)24(35)36-2/h16-19,25H,3-15,20H2,1-2H3,(H,32,34)(H2,31,33,37)/t25-/m1/s1. The molecule has 0 saturated carbocycles. The maximum absolute atomic E-state index is 12.5. The van der Waals surface area contributed by atoms with E-state index in [2.05, 4.69) is 22.9 Å². The van der Waals surface area contributed by atoms with Gasteiger partial charge in [-0.2, -0.15) is 0 Å². The fourth-order valence-corrected chi connectivity index (χ4v) is 4.46. The van der Waals surface area contributed by atoms with Crippen LogP contribution < -0.4 is 16.0 Å². The number of carbonyl (C=O) groups is 2. The SMILES string of the molecule is CCCCCCCCCCCCCCCC(=O)N[C@H](NC(=S)Nc1ccccc1C(=O)OC)C(Cl)(Cl)Cl. The lowest BCUT2D eigenvalue weighted by Crippen LogP contribution is -2.56. The van der Waals surface area contributed by atoms with Crippen molar-refractivity contribution in [1.29, 1.82) is 0 Å². The van der Waals surface area contributed by atoms with Crippen molar-refractivity contribution in [2.24, 2.45) is 0 Å². The van der Waals surface area contributed by atoms with Gasteiger partial charge in [-0.15, -0.1) is 0 Å². The average molecular weight is 595 g/mol. The zero-order valence-electron chi connectivity index (χ0n) is 22.1. The molecule has 0 radical (unpaired) electrons. The van der Waals surface area contributed by atoms with Crippen LogP contribution in [-0.2, 0) is 9.53 Å². The molecular formula is C27H42Cl3N3O3S. The lowest BCUT2D eigenvalue weighted by molar-refractivity contribution is -0.122. The predicted octanol–water partition coefficient (Wildman–Crippen LogP) is 8.05. The number of ether oxygens (including phenoxy) is 1. The van der Waals surface area contributed by atoms with Gasteiger partial charge in [0.05, 0.1) is 18.4 Å². The third kappa shape index (κ3) is 15.7. The van der Waals surface area contributed by atoms with Crippen LogP contribution in [-0.4, -0.2) is 34.1 Å². The highest BCUT2D eigenvalue weighted by Gasteiger charge is 2.34. The number of unbranched alkanes of at least 4 members (excludes halogenated alkanes) is 12. The first-order valence-corrected chi connectivity index (χ1v) is 14.8. The van der Waals surface area contributed by atoms with Gasteiger partial charge < -0.3 is 20.7 Å². The summed E-state index contributed by atoms with van der Waals surface area (Å²) in [7, 11) is 1.29. The Balaban J connectivity index is 2.31. The van der Waals surface area contributed by atoms with Crippen LogP contribution >= 0.6 is 47.0 Å². The molecule has 10 heteroatoms. The highest BCUT2D eigenvalue weighted by molar-refractivity contribution is 7.80. The van der Waals surface area contributed by atoms with Gasteiger partial charge >= 0.3 is 5.97 Å². The number of nitrogens with one attached hydrogen (secondary N) is 3. The molecule has 6 nitrogen and oxygen atoms in total. The molecule has 0 aliphatic carbocycles. The van der Waals surface area contributed by atoms with Gasteiger partial charge in [0.2, 0.25) is 9.70 Å². The lowest BCUT2D eigenvalue weighted by atomic mass is 10.0. The summed E-state index contributed by atoms with van der Waals surface area (Å²) in [5.74, 6) is -0.750. The second-order valence-electron chi connectivity index (χ2n) is 9.17. The number of para-hydroxylation sites is 1. The van der Waals surface area contributed by atoms with Gasteiger partial charge in [-0.3, -0.25) is 4.79 Å². The Kier molecular flexibility index (Phi) is 18.0. The molecule has 0 saturated heterocycles. The molecule has 1 rings (SSSR count). The van der Waals surface area contributed by atoms with Crippen LogP contribution in [0.2, 0.25) is 0 Å². The van der Waals surface area contributed by atoms with Crippen molar-refractivity contribution >= 4 is 69.7 Å². The van der Waals surface area contributed by atoms with E-state index >= 15 is 0 Å². The van der Waals surface area contributed by atoms with Crippen molar-refractivity contribution in [3.63, 3.8) is 0 Å². The molecule has 3 N–H and O–H groups in total. The number of benzene rings is 1. The maximum Gasteiger partial charge on any atom is 0.339 e. The molecule has 1 atom stereocenters. The first kappa shape index (κ1) is 33.7. The molecule has 0 bridgehead atoms. The molecule has 0 heterocycles. The van der Waals surface area contributed by atoms with Crippen molar-refractivity contribution < 1.29 is 14.3 Å². The monoisotopic (exact) mass is 593 g/mol. The average Bonchev–Trinajstić information content (AvgIpc) is 2.85. The number of hydrogen-bond acceptors (Lipinski definition) is 4. The number of amides is 1. The fourth-order valence-electron chi connectivity index (χ4n) is 3.91. The number of carbonyl (C=O) groups excluding carboxylic acids is 2. The number of methoxy groups -OCH3 is 1. The van der Waals surface area contributed by atoms with Crippen LogP contribution in [0.1, 0.15) is 107 Å². The van der Waals surface area contributed by atoms with Crippen LogP contribution in [0.5, 0.6) is 0 Å². The zero-order chi connectivity index (χ0) is 27.5. The minimum atomic E-state index is -1.85. The molecule has 37 heavy (non-hydrogen) atoms. The van der Waals surface area contributed by atoms with Crippen molar-refractivity contribution in [2.45, 2.75) is 107 Å². The third-order valence-corrected chi connectivity index (χ3v) is 6.87. The number of anilines is 1. The minimum absolute atomic E-state index is 0.0777. The van der Waals surface area contributed by atoms with Gasteiger partial charge in [-0.1, -0.05) is 131 Å². The van der Waals surface area contributed by atoms with Gasteiger partial charge in [-0.25, -0.2) is 4.79 Å². The Hall–Kier alpha value is -1.28. The first-order valence-electron chi connectivity index (χ1n) is 13.3. The van der Waals surface area contributed by atoms with Crippen LogP contribution in [0.4, 0.5) is 5.69 Å². The summed E-state index contributed by atoms with van der Waals surface area (Å²) >= 11 is 23.5. The molecule has 1 amide bonds. The van der Waals surface area contributed by atoms with E-state index in [0.29, 0.717) is 17.7 Å². The molecule has 0 aliphatic heterocycles. The topological polar surface area (TPSA) is 79.5 Å². The summed E-state index contributed by atoms with van der Waals surface area (Å²) in [6.07, 6.45) is 15.3. The van der Waals surface area contributed by atoms with E-state index in [9.17, 15) is 9.59 Å². The normalized spacial score (nSPS) is 12.0. The Bertz CT molecular complexity index is 822. The number of alkyl halides is 3. The van der Waals surface area contributed by atoms with Crippen molar-refractivity contribution in [3.8, 4) is 0 Å². The Labute approximate surface area is 242 Å². The predicted molar refractivity (Wildman–Crippen MR) is 160 cm³/mol. The summed E-state index contributed by atoms with van der Waals surface area (Å²) in [5, 5.41) is 8.48. The molecule has 0 spiro atoms. The molecule has 1 aromatic rings. The van der Waals surface area contributed by atoms with E-state index in [1.165, 1.54) is 71.3 Å². The van der Waals surface area contributed by atoms with E-state index in [-0.39, 0.29) is 11.0 Å². The van der Waals surface area contributed by atoms with E-state index in [1.54, 1.807) is 24.3 Å². The van der Waals surface area contributed by atoms with Crippen LogP contribution in [0.15, 0.2) is 24.3 Å². The summed E-state index contributed by atoms with van der Waals surface area (Å²) in [6, 6.07) is 6.70. The zero-order valence-corrected chi connectivity index (χ0v) is 25.1. The van der Waals surface area contributed by atoms with E-state index in [0.717, 1.165) is 19.3 Å². The smallest absolute Gasteiger partial charge is 0.339 e. The van der Waals surface area contributed by atoms with Crippen molar-refractivity contribution in [2.75, 3.05) is 12.4 Å². The quantitative estimate of drug-likeness (QED) is 0.0525. The van der Waals surface area contributed by atoms with Crippen LogP contribution in [0.25, 0.3) is 0 Å². The van der Waals surface area contributed by atoms with Crippen LogP contribution in [0.3, 0.4) is 0 Å². The van der Waals surface area contributed by atoms with Crippen LogP contribution in [0, 0.1) is 0 Å². The molecule has 0 aliphatic rings. The van der Waals surface area contributed by atoms with E-state index < -0.39 is 15.9 Å². The van der Waals surface area contributed by atoms with Gasteiger partial charge in [0.25, 0.3) is 0 Å². The van der Waals surface area contributed by atoms with Crippen molar-refractivity contribution in [3.05, 3.63) is 29.8 Å². The fraction of sp³-hybridized carbons (Fsp3) is 0.667.